The zero-order valence-electron chi connectivity index (χ0n) is 8.47. The monoisotopic (exact) mass is 204 g/mol. The van der Waals surface area contributed by atoms with Crippen molar-refractivity contribution in [1.82, 2.24) is 0 Å². The molecule has 0 aliphatic carbocycles. The van der Waals surface area contributed by atoms with E-state index in [9.17, 15) is 9.59 Å². The number of carbonyl (C=O) groups is 2. The molecule has 1 unspecified atom stereocenters. The summed E-state index contributed by atoms with van der Waals surface area (Å²) in [5, 5.41) is 0. The van der Waals surface area contributed by atoms with Crippen LogP contribution >= 0.6 is 0 Å². The van der Waals surface area contributed by atoms with Crippen LogP contribution in [-0.2, 0) is 14.3 Å². The molecule has 0 bridgehead atoms. The molecule has 0 amide bonds. The minimum atomic E-state index is -0.851. The number of esters is 1. The summed E-state index contributed by atoms with van der Waals surface area (Å²) in [4.78, 5) is 22.0. The highest BCUT2D eigenvalue weighted by atomic mass is 16.5. The van der Waals surface area contributed by atoms with Crippen LogP contribution in [0.2, 0.25) is 0 Å². The number of benzene rings is 1. The van der Waals surface area contributed by atoms with Crippen LogP contribution in [0, 0.1) is 0 Å². The van der Waals surface area contributed by atoms with Gasteiger partial charge in [0.15, 0.2) is 12.4 Å². The fraction of sp³-hybridized carbons (Fsp3) is 0.167. The first-order valence-corrected chi connectivity index (χ1v) is 4.52. The molecule has 1 rings (SSSR count). The summed E-state index contributed by atoms with van der Waals surface area (Å²) in [6, 6.07) is 8.84. The maximum absolute atomic E-state index is 11.2. The fourth-order valence-corrected chi connectivity index (χ4v) is 1.03. The first kappa shape index (κ1) is 11.2. The molecule has 0 heterocycles. The third-order valence-electron chi connectivity index (χ3n) is 1.83. The molecule has 1 aromatic rings. The topological polar surface area (TPSA) is 43.4 Å². The Morgan fingerprint density at radius 1 is 1.40 bits per heavy atom. The zero-order chi connectivity index (χ0) is 11.3. The average Bonchev–Trinajstić information content (AvgIpc) is 2.26. The van der Waals surface area contributed by atoms with Crippen molar-refractivity contribution < 1.29 is 14.3 Å². The molecule has 0 N–H and O–H groups in total. The predicted molar refractivity (Wildman–Crippen MR) is 56.2 cm³/mol. The van der Waals surface area contributed by atoms with Gasteiger partial charge in [-0.25, -0.2) is 4.79 Å². The lowest BCUT2D eigenvalue weighted by molar-refractivity contribution is -0.147. The van der Waals surface area contributed by atoms with Crippen molar-refractivity contribution in [2.75, 3.05) is 0 Å². The first-order valence-electron chi connectivity index (χ1n) is 4.52. The largest absolute Gasteiger partial charge is 0.446 e. The van der Waals surface area contributed by atoms with E-state index in [1.54, 1.807) is 24.3 Å². The van der Waals surface area contributed by atoms with Crippen LogP contribution in [0.4, 0.5) is 0 Å². The Hall–Kier alpha value is -1.90. The second-order valence-corrected chi connectivity index (χ2v) is 3.15. The van der Waals surface area contributed by atoms with E-state index in [1.807, 2.05) is 6.07 Å². The van der Waals surface area contributed by atoms with Gasteiger partial charge in [-0.15, -0.1) is 0 Å². The van der Waals surface area contributed by atoms with Crippen molar-refractivity contribution in [2.24, 2.45) is 0 Å². The average molecular weight is 204 g/mol. The number of hydrogen-bond donors (Lipinski definition) is 0. The van der Waals surface area contributed by atoms with Crippen LogP contribution < -0.4 is 0 Å². The van der Waals surface area contributed by atoms with Gasteiger partial charge >= 0.3 is 5.97 Å². The standard InChI is InChI=1S/C12H12O3/c1-9(2)12(14)15-11(8-13)10-6-4-3-5-7-10/h3-8,11H,1H2,2H3. The van der Waals surface area contributed by atoms with Crippen LogP contribution in [0.15, 0.2) is 42.5 Å². The Morgan fingerprint density at radius 3 is 2.47 bits per heavy atom. The maximum Gasteiger partial charge on any atom is 0.334 e. The van der Waals surface area contributed by atoms with Crippen molar-refractivity contribution in [3.05, 3.63) is 48.0 Å². The maximum atomic E-state index is 11.2. The number of rotatable bonds is 4. The smallest absolute Gasteiger partial charge is 0.334 e. The van der Waals surface area contributed by atoms with Crippen molar-refractivity contribution in [3.8, 4) is 0 Å². The van der Waals surface area contributed by atoms with Gasteiger partial charge < -0.3 is 4.74 Å². The van der Waals surface area contributed by atoms with Crippen LogP contribution in [0.1, 0.15) is 18.6 Å². The van der Waals surface area contributed by atoms with Crippen LogP contribution in [0.5, 0.6) is 0 Å². The van der Waals surface area contributed by atoms with Gasteiger partial charge in [0.25, 0.3) is 0 Å². The summed E-state index contributed by atoms with van der Waals surface area (Å²) in [6.45, 7) is 4.98. The van der Waals surface area contributed by atoms with E-state index >= 15 is 0 Å². The first-order chi connectivity index (χ1) is 7.15. The van der Waals surface area contributed by atoms with Crippen molar-refractivity contribution in [3.63, 3.8) is 0 Å². The summed E-state index contributed by atoms with van der Waals surface area (Å²) in [5.74, 6) is -0.559. The number of ether oxygens (including phenoxy) is 1. The summed E-state index contributed by atoms with van der Waals surface area (Å²) in [7, 11) is 0. The minimum Gasteiger partial charge on any atom is -0.446 e. The normalized spacial score (nSPS) is 11.5. The van der Waals surface area contributed by atoms with E-state index in [-0.39, 0.29) is 5.57 Å². The Morgan fingerprint density at radius 2 is 2.00 bits per heavy atom. The van der Waals surface area contributed by atoms with E-state index in [1.165, 1.54) is 6.92 Å². The SMILES string of the molecule is C=C(C)C(=O)OC(C=O)c1ccccc1. The molecule has 0 aliphatic rings. The van der Waals surface area contributed by atoms with E-state index in [4.69, 9.17) is 4.74 Å². The number of aldehydes is 1. The molecule has 78 valence electrons. The highest BCUT2D eigenvalue weighted by Gasteiger charge is 2.15. The summed E-state index contributed by atoms with van der Waals surface area (Å²) in [5.41, 5.74) is 0.930. The highest BCUT2D eigenvalue weighted by Crippen LogP contribution is 2.15. The molecular weight excluding hydrogens is 192 g/mol. The van der Waals surface area contributed by atoms with E-state index in [0.717, 1.165) is 0 Å². The van der Waals surface area contributed by atoms with Crippen LogP contribution in [-0.4, -0.2) is 12.3 Å². The molecule has 15 heavy (non-hydrogen) atoms. The van der Waals surface area contributed by atoms with E-state index in [2.05, 4.69) is 6.58 Å². The molecule has 0 saturated heterocycles. The second kappa shape index (κ2) is 5.10. The minimum absolute atomic E-state index is 0.276. The van der Waals surface area contributed by atoms with Crippen LogP contribution in [0.3, 0.4) is 0 Å². The van der Waals surface area contributed by atoms with Crippen molar-refractivity contribution in [1.29, 1.82) is 0 Å². The molecule has 0 spiro atoms. The zero-order valence-corrected chi connectivity index (χ0v) is 8.47. The lowest BCUT2D eigenvalue weighted by Crippen LogP contribution is -2.12. The molecule has 0 aliphatic heterocycles. The molecule has 3 nitrogen and oxygen atoms in total. The Labute approximate surface area is 88.4 Å². The van der Waals surface area contributed by atoms with E-state index in [0.29, 0.717) is 11.8 Å². The van der Waals surface area contributed by atoms with Crippen LogP contribution in [0.25, 0.3) is 0 Å². The fourth-order valence-electron chi connectivity index (χ4n) is 1.03. The molecule has 0 radical (unpaired) electrons. The molecule has 1 aromatic carbocycles. The van der Waals surface area contributed by atoms with Gasteiger partial charge in [-0.05, 0) is 12.5 Å². The van der Waals surface area contributed by atoms with Crippen molar-refractivity contribution in [2.45, 2.75) is 13.0 Å². The quantitative estimate of drug-likeness (QED) is 0.428. The molecule has 0 aromatic heterocycles. The Bertz CT molecular complexity index is 368. The van der Waals surface area contributed by atoms with Gasteiger partial charge in [0.1, 0.15) is 0 Å². The van der Waals surface area contributed by atoms with Gasteiger partial charge in [0, 0.05) is 5.57 Å². The summed E-state index contributed by atoms with van der Waals surface area (Å²) >= 11 is 0. The predicted octanol–water partition coefficient (Wildman–Crippen LogP) is 2.05. The van der Waals surface area contributed by atoms with Gasteiger partial charge in [-0.3, -0.25) is 4.79 Å². The van der Waals surface area contributed by atoms with Gasteiger partial charge in [-0.2, -0.15) is 0 Å². The summed E-state index contributed by atoms with van der Waals surface area (Å²) < 4.78 is 4.94. The van der Waals surface area contributed by atoms with Gasteiger partial charge in [-0.1, -0.05) is 36.9 Å². The molecule has 1 atom stereocenters. The molecule has 3 heteroatoms. The molecular formula is C12H12O3. The van der Waals surface area contributed by atoms with E-state index < -0.39 is 12.1 Å². The second-order valence-electron chi connectivity index (χ2n) is 3.15. The number of hydrogen-bond acceptors (Lipinski definition) is 3. The third-order valence-corrected chi connectivity index (χ3v) is 1.83. The highest BCUT2D eigenvalue weighted by molar-refractivity contribution is 5.88. The lowest BCUT2D eigenvalue weighted by Gasteiger charge is -2.11. The van der Waals surface area contributed by atoms with Crippen molar-refractivity contribution >= 4 is 12.3 Å². The molecule has 0 fully saturated rings. The molecule has 0 saturated carbocycles. The Balaban J connectivity index is 2.78. The Kier molecular flexibility index (Phi) is 3.80. The van der Waals surface area contributed by atoms with Gasteiger partial charge in [0.05, 0.1) is 0 Å². The third kappa shape index (κ3) is 3.06. The number of carbonyl (C=O) groups excluding carboxylic acids is 2. The summed E-state index contributed by atoms with van der Waals surface area (Å²) in [6.07, 6.45) is -0.258. The van der Waals surface area contributed by atoms with Gasteiger partial charge in [0.2, 0.25) is 0 Å². The lowest BCUT2D eigenvalue weighted by atomic mass is 10.1.